The minimum Gasteiger partial charge on any atom is -0.381 e. The summed E-state index contributed by atoms with van der Waals surface area (Å²) < 4.78 is 19.2. The van der Waals surface area contributed by atoms with Crippen molar-refractivity contribution >= 4 is 5.96 Å². The molecule has 0 spiro atoms. The summed E-state index contributed by atoms with van der Waals surface area (Å²) in [5.41, 5.74) is 0.870. The van der Waals surface area contributed by atoms with Crippen LogP contribution in [0.3, 0.4) is 0 Å². The van der Waals surface area contributed by atoms with Crippen molar-refractivity contribution < 1.29 is 9.13 Å². The number of ether oxygens (including phenoxy) is 1. The van der Waals surface area contributed by atoms with Gasteiger partial charge in [0.05, 0.1) is 24.8 Å². The highest BCUT2D eigenvalue weighted by Crippen LogP contribution is 2.14. The zero-order valence-corrected chi connectivity index (χ0v) is 13.7. The first-order valence-electron chi connectivity index (χ1n) is 7.89. The first-order chi connectivity index (χ1) is 11.1. The molecular formula is C17H23FN4O. The molecule has 1 atom stereocenters. The first kappa shape index (κ1) is 17.2. The molecule has 0 aromatic heterocycles. The first-order valence-corrected chi connectivity index (χ1v) is 7.89. The number of rotatable bonds is 5. The molecule has 124 valence electrons. The molecule has 1 aliphatic heterocycles. The Kier molecular flexibility index (Phi) is 6.36. The summed E-state index contributed by atoms with van der Waals surface area (Å²) in [6, 6.07) is 6.36. The minimum absolute atomic E-state index is 0.204. The molecule has 1 aromatic rings. The minimum atomic E-state index is -0.338. The Balaban J connectivity index is 2.07. The standard InChI is InChI=1S/C17H23FN4O/c1-3-20-17(22(2)11-14-6-7-23-12-14)21-10-15-8-13(9-19)4-5-16(15)18/h4-5,8,14H,3,6-7,10-12H2,1-2H3,(H,20,21). The number of hydrogen-bond donors (Lipinski definition) is 1. The van der Waals surface area contributed by atoms with E-state index < -0.39 is 0 Å². The Morgan fingerprint density at radius 1 is 1.57 bits per heavy atom. The molecule has 0 aliphatic carbocycles. The summed E-state index contributed by atoms with van der Waals surface area (Å²) >= 11 is 0. The average Bonchev–Trinajstić information content (AvgIpc) is 3.05. The average molecular weight is 318 g/mol. The number of nitrogens with one attached hydrogen (secondary N) is 1. The molecule has 1 saturated heterocycles. The van der Waals surface area contributed by atoms with Crippen LogP contribution >= 0.6 is 0 Å². The Morgan fingerprint density at radius 3 is 3.04 bits per heavy atom. The molecule has 1 N–H and O–H groups in total. The van der Waals surface area contributed by atoms with Crippen molar-refractivity contribution in [3.8, 4) is 6.07 Å². The lowest BCUT2D eigenvalue weighted by atomic mass is 10.1. The van der Waals surface area contributed by atoms with Crippen molar-refractivity contribution in [1.29, 1.82) is 5.26 Å². The molecule has 1 aliphatic rings. The maximum absolute atomic E-state index is 13.8. The number of guanidine groups is 1. The van der Waals surface area contributed by atoms with E-state index in [1.54, 1.807) is 6.07 Å². The highest BCUT2D eigenvalue weighted by molar-refractivity contribution is 5.79. The van der Waals surface area contributed by atoms with E-state index >= 15 is 0 Å². The summed E-state index contributed by atoms with van der Waals surface area (Å²) in [6.07, 6.45) is 1.06. The van der Waals surface area contributed by atoms with Crippen LogP contribution in [0, 0.1) is 23.1 Å². The molecule has 1 heterocycles. The predicted molar refractivity (Wildman–Crippen MR) is 87.5 cm³/mol. The Morgan fingerprint density at radius 2 is 2.39 bits per heavy atom. The van der Waals surface area contributed by atoms with Gasteiger partial charge in [0.1, 0.15) is 5.82 Å². The Bertz CT molecular complexity index is 591. The third-order valence-electron chi connectivity index (χ3n) is 3.83. The molecule has 1 fully saturated rings. The van der Waals surface area contributed by atoms with E-state index in [1.165, 1.54) is 12.1 Å². The fourth-order valence-corrected chi connectivity index (χ4v) is 2.60. The maximum atomic E-state index is 13.8. The van der Waals surface area contributed by atoms with Gasteiger partial charge < -0.3 is 15.0 Å². The van der Waals surface area contributed by atoms with Crippen LogP contribution in [0.5, 0.6) is 0 Å². The fourth-order valence-electron chi connectivity index (χ4n) is 2.60. The largest absolute Gasteiger partial charge is 0.381 e. The molecule has 0 radical (unpaired) electrons. The van der Waals surface area contributed by atoms with Crippen LogP contribution in [0.25, 0.3) is 0 Å². The van der Waals surface area contributed by atoms with Crippen LogP contribution in [-0.2, 0) is 11.3 Å². The van der Waals surface area contributed by atoms with Gasteiger partial charge in [-0.05, 0) is 31.5 Å². The number of nitrogens with zero attached hydrogens (tertiary/aromatic N) is 3. The molecule has 23 heavy (non-hydrogen) atoms. The highest BCUT2D eigenvalue weighted by Gasteiger charge is 2.19. The van der Waals surface area contributed by atoms with Crippen LogP contribution in [0.4, 0.5) is 4.39 Å². The van der Waals surface area contributed by atoms with Gasteiger partial charge in [-0.15, -0.1) is 0 Å². The zero-order valence-electron chi connectivity index (χ0n) is 13.7. The van der Waals surface area contributed by atoms with Crippen LogP contribution < -0.4 is 5.32 Å². The van der Waals surface area contributed by atoms with E-state index in [9.17, 15) is 4.39 Å². The van der Waals surface area contributed by atoms with E-state index in [2.05, 4.69) is 15.2 Å². The van der Waals surface area contributed by atoms with Gasteiger partial charge in [0.15, 0.2) is 5.96 Å². The molecule has 2 rings (SSSR count). The number of nitriles is 1. The van der Waals surface area contributed by atoms with Gasteiger partial charge in [0.25, 0.3) is 0 Å². The summed E-state index contributed by atoms with van der Waals surface area (Å²) in [4.78, 5) is 6.55. The molecule has 1 aromatic carbocycles. The lowest BCUT2D eigenvalue weighted by molar-refractivity contribution is 0.181. The van der Waals surface area contributed by atoms with Crippen LogP contribution in [0.2, 0.25) is 0 Å². The third-order valence-corrected chi connectivity index (χ3v) is 3.83. The third kappa shape index (κ3) is 4.93. The molecule has 0 saturated carbocycles. The second-order valence-corrected chi connectivity index (χ2v) is 5.70. The Labute approximate surface area is 136 Å². The van der Waals surface area contributed by atoms with Gasteiger partial charge in [-0.25, -0.2) is 9.38 Å². The van der Waals surface area contributed by atoms with Gasteiger partial charge in [0, 0.05) is 38.2 Å². The van der Waals surface area contributed by atoms with Gasteiger partial charge >= 0.3 is 0 Å². The van der Waals surface area contributed by atoms with Crippen molar-refractivity contribution in [2.45, 2.75) is 19.9 Å². The van der Waals surface area contributed by atoms with Gasteiger partial charge in [-0.1, -0.05) is 0 Å². The quantitative estimate of drug-likeness (QED) is 0.667. The lowest BCUT2D eigenvalue weighted by Gasteiger charge is -2.24. The molecular weight excluding hydrogens is 295 g/mol. The highest BCUT2D eigenvalue weighted by atomic mass is 19.1. The normalized spacial score (nSPS) is 17.8. The van der Waals surface area contributed by atoms with Crippen LogP contribution in [0.1, 0.15) is 24.5 Å². The molecule has 1 unspecified atom stereocenters. The van der Waals surface area contributed by atoms with Crippen molar-refractivity contribution in [2.75, 3.05) is 33.4 Å². The topological polar surface area (TPSA) is 60.7 Å². The van der Waals surface area contributed by atoms with Gasteiger partial charge in [0.2, 0.25) is 0 Å². The number of benzene rings is 1. The van der Waals surface area contributed by atoms with E-state index in [1.807, 2.05) is 20.0 Å². The summed E-state index contributed by atoms with van der Waals surface area (Å²) in [5, 5.41) is 12.1. The number of halogens is 1. The SMILES string of the molecule is CCNC(=NCc1cc(C#N)ccc1F)N(C)CC1CCOC1. The van der Waals surface area contributed by atoms with Gasteiger partial charge in [-0.2, -0.15) is 5.26 Å². The monoisotopic (exact) mass is 318 g/mol. The van der Waals surface area contributed by atoms with Crippen LogP contribution in [-0.4, -0.2) is 44.2 Å². The van der Waals surface area contributed by atoms with E-state index in [4.69, 9.17) is 10.00 Å². The van der Waals surface area contributed by atoms with Crippen molar-refractivity contribution in [1.82, 2.24) is 10.2 Å². The second kappa shape index (κ2) is 8.49. The molecule has 0 amide bonds. The lowest BCUT2D eigenvalue weighted by Crippen LogP contribution is -2.41. The summed E-state index contributed by atoms with van der Waals surface area (Å²) in [6.45, 7) is 5.40. The summed E-state index contributed by atoms with van der Waals surface area (Å²) in [7, 11) is 1.97. The zero-order chi connectivity index (χ0) is 16.7. The van der Waals surface area contributed by atoms with Gasteiger partial charge in [-0.3, -0.25) is 0 Å². The van der Waals surface area contributed by atoms with E-state index in [-0.39, 0.29) is 12.4 Å². The van der Waals surface area contributed by atoms with E-state index in [0.717, 1.165) is 38.7 Å². The maximum Gasteiger partial charge on any atom is 0.193 e. The van der Waals surface area contributed by atoms with Crippen LogP contribution in [0.15, 0.2) is 23.2 Å². The molecule has 0 bridgehead atoms. The fraction of sp³-hybridized carbons (Fsp3) is 0.529. The molecule has 5 nitrogen and oxygen atoms in total. The van der Waals surface area contributed by atoms with Crippen molar-refractivity contribution in [3.63, 3.8) is 0 Å². The Hall–Kier alpha value is -2.13. The smallest absolute Gasteiger partial charge is 0.193 e. The van der Waals surface area contributed by atoms with Crippen molar-refractivity contribution in [3.05, 3.63) is 35.1 Å². The number of hydrogen-bond acceptors (Lipinski definition) is 3. The second-order valence-electron chi connectivity index (χ2n) is 5.70. The number of aliphatic imine (C=N–C) groups is 1. The molecule has 6 heteroatoms. The van der Waals surface area contributed by atoms with E-state index in [0.29, 0.717) is 17.0 Å². The summed E-state index contributed by atoms with van der Waals surface area (Å²) in [5.74, 6) is 0.902. The predicted octanol–water partition coefficient (Wildman–Crippen LogP) is 2.13. The van der Waals surface area contributed by atoms with Crippen molar-refractivity contribution in [2.24, 2.45) is 10.9 Å².